The Bertz CT molecular complexity index is 1250. The van der Waals surface area contributed by atoms with E-state index in [0.717, 1.165) is 55.8 Å². The van der Waals surface area contributed by atoms with E-state index in [1.807, 2.05) is 16.7 Å². The highest BCUT2D eigenvalue weighted by atomic mass is 16.5. The van der Waals surface area contributed by atoms with Gasteiger partial charge in [0.05, 0.1) is 24.3 Å². The maximum Gasteiger partial charge on any atom is 0.407 e. The Morgan fingerprint density at radius 2 is 1.94 bits per heavy atom. The third kappa shape index (κ3) is 4.29. The molecule has 0 spiro atoms. The molecule has 4 heterocycles. The lowest BCUT2D eigenvalue weighted by atomic mass is 10.1. The molecule has 1 aliphatic heterocycles. The second kappa shape index (κ2) is 9.32. The van der Waals surface area contributed by atoms with E-state index in [9.17, 15) is 9.59 Å². The molecule has 0 bridgehead atoms. The molecule has 5 rings (SSSR count). The highest BCUT2D eigenvalue weighted by Crippen LogP contribution is 2.32. The van der Waals surface area contributed by atoms with Crippen LogP contribution < -0.4 is 21.2 Å². The van der Waals surface area contributed by atoms with Crippen LogP contribution in [0.4, 0.5) is 22.4 Å². The van der Waals surface area contributed by atoms with Crippen molar-refractivity contribution in [2.45, 2.75) is 50.6 Å². The molecular formula is C23H30N8O3. The summed E-state index contributed by atoms with van der Waals surface area (Å²) in [6.07, 6.45) is 8.83. The summed E-state index contributed by atoms with van der Waals surface area (Å²) in [6.45, 7) is 1.94. The van der Waals surface area contributed by atoms with Crippen molar-refractivity contribution in [2.75, 3.05) is 30.4 Å². The molecule has 2 N–H and O–H groups in total. The quantitative estimate of drug-likeness (QED) is 0.589. The van der Waals surface area contributed by atoms with Gasteiger partial charge in [0.25, 0.3) is 0 Å². The molecule has 2 atom stereocenters. The Labute approximate surface area is 197 Å². The van der Waals surface area contributed by atoms with Crippen molar-refractivity contribution in [1.29, 1.82) is 0 Å². The van der Waals surface area contributed by atoms with E-state index in [-0.39, 0.29) is 17.8 Å². The molecule has 11 nitrogen and oxygen atoms in total. The van der Waals surface area contributed by atoms with Crippen LogP contribution in [-0.4, -0.2) is 56.4 Å². The Hall–Kier alpha value is -3.63. The van der Waals surface area contributed by atoms with Crippen LogP contribution >= 0.6 is 0 Å². The van der Waals surface area contributed by atoms with Gasteiger partial charge in [-0.3, -0.25) is 9.13 Å². The number of piperidine rings is 1. The van der Waals surface area contributed by atoms with Crippen LogP contribution in [0.25, 0.3) is 11.0 Å². The zero-order valence-corrected chi connectivity index (χ0v) is 19.5. The van der Waals surface area contributed by atoms with Gasteiger partial charge < -0.3 is 20.3 Å². The van der Waals surface area contributed by atoms with Crippen LogP contribution in [0, 0.1) is 0 Å². The van der Waals surface area contributed by atoms with E-state index in [2.05, 4.69) is 30.5 Å². The van der Waals surface area contributed by atoms with Crippen molar-refractivity contribution in [3.05, 3.63) is 35.0 Å². The summed E-state index contributed by atoms with van der Waals surface area (Å²) in [4.78, 5) is 40.5. The number of amides is 1. The van der Waals surface area contributed by atoms with Crippen LogP contribution in [0.15, 0.2) is 29.3 Å². The average molecular weight is 467 g/mol. The first-order valence-electron chi connectivity index (χ1n) is 11.8. The molecular weight excluding hydrogens is 436 g/mol. The number of aromatic nitrogens is 5. The summed E-state index contributed by atoms with van der Waals surface area (Å²) in [5.74, 6) is 1.99. The number of alkyl carbamates (subject to hydrolysis) is 1. The van der Waals surface area contributed by atoms with Crippen molar-refractivity contribution in [3.63, 3.8) is 0 Å². The second-order valence-electron chi connectivity index (χ2n) is 8.98. The number of hydrogen-bond acceptors (Lipinski definition) is 8. The molecule has 1 amide bonds. The lowest BCUT2D eigenvalue weighted by molar-refractivity contribution is 0.166. The fourth-order valence-corrected chi connectivity index (χ4v) is 5.02. The number of nitrogens with one attached hydrogen (secondary N) is 2. The van der Waals surface area contributed by atoms with Crippen molar-refractivity contribution in [2.24, 2.45) is 7.05 Å². The van der Waals surface area contributed by atoms with Gasteiger partial charge in [0, 0.05) is 44.5 Å². The van der Waals surface area contributed by atoms with Gasteiger partial charge in [-0.25, -0.2) is 19.6 Å². The van der Waals surface area contributed by atoms with E-state index < -0.39 is 6.09 Å². The summed E-state index contributed by atoms with van der Waals surface area (Å²) in [7, 11) is 3.11. The summed E-state index contributed by atoms with van der Waals surface area (Å²) < 4.78 is 8.16. The van der Waals surface area contributed by atoms with E-state index in [1.54, 1.807) is 24.0 Å². The van der Waals surface area contributed by atoms with Crippen LogP contribution in [0.5, 0.6) is 0 Å². The van der Waals surface area contributed by atoms with Crippen LogP contribution in [-0.2, 0) is 11.8 Å². The van der Waals surface area contributed by atoms with Gasteiger partial charge >= 0.3 is 11.8 Å². The third-order valence-corrected chi connectivity index (χ3v) is 6.79. The predicted molar refractivity (Wildman–Crippen MR) is 129 cm³/mol. The molecule has 0 aromatic carbocycles. The Balaban J connectivity index is 1.40. The minimum Gasteiger partial charge on any atom is -0.453 e. The summed E-state index contributed by atoms with van der Waals surface area (Å²) in [6, 6.07) is 3.67. The number of hydrogen-bond donors (Lipinski definition) is 2. The Kier molecular flexibility index (Phi) is 6.08. The molecule has 1 saturated carbocycles. The number of carbonyl (C=O) groups excluding carboxylic acids is 1. The lowest BCUT2D eigenvalue weighted by Gasteiger charge is -2.26. The molecule has 3 aromatic heterocycles. The SMILES string of the molecule is COC(=O)N[C@@H]1CC[C@@H](n2c(=O)n(C)c3cnc(Nc4ccnc(N5CCCCC5)n4)cc32)C1. The smallest absolute Gasteiger partial charge is 0.407 e. The number of anilines is 3. The first-order chi connectivity index (χ1) is 16.5. The first kappa shape index (κ1) is 22.2. The minimum absolute atomic E-state index is 0.0154. The van der Waals surface area contributed by atoms with Crippen molar-refractivity contribution >= 4 is 34.7 Å². The van der Waals surface area contributed by atoms with Gasteiger partial charge in [0.2, 0.25) is 5.95 Å². The van der Waals surface area contributed by atoms with E-state index >= 15 is 0 Å². The number of rotatable bonds is 5. The van der Waals surface area contributed by atoms with Gasteiger partial charge in [0.15, 0.2) is 0 Å². The van der Waals surface area contributed by atoms with Crippen LogP contribution in [0.3, 0.4) is 0 Å². The standard InChI is InChI=1S/C23H30N8O3/c1-29-18-14-25-20(27-19-8-9-24-21(28-19)30-10-4-3-5-11-30)13-17(18)31(23(29)33)16-7-6-15(12-16)26-22(32)34-2/h8-9,13-16H,3-7,10-12H2,1-2H3,(H,26,32)(H,24,25,27,28)/t15-,16-/m1/s1. The molecule has 180 valence electrons. The topological polar surface area (TPSA) is 119 Å². The molecule has 11 heteroatoms. The van der Waals surface area contributed by atoms with Crippen molar-refractivity contribution in [1.82, 2.24) is 29.4 Å². The van der Waals surface area contributed by atoms with Gasteiger partial charge in [-0.2, -0.15) is 4.98 Å². The number of pyridine rings is 1. The Morgan fingerprint density at radius 1 is 1.12 bits per heavy atom. The van der Waals surface area contributed by atoms with E-state index in [0.29, 0.717) is 18.1 Å². The molecule has 1 aliphatic carbocycles. The second-order valence-corrected chi connectivity index (χ2v) is 8.98. The summed E-state index contributed by atoms with van der Waals surface area (Å²) in [5.41, 5.74) is 1.47. The number of ether oxygens (including phenoxy) is 1. The zero-order valence-electron chi connectivity index (χ0n) is 19.5. The fourth-order valence-electron chi connectivity index (χ4n) is 5.02. The normalized spacial score (nSPS) is 20.5. The zero-order chi connectivity index (χ0) is 23.7. The maximum absolute atomic E-state index is 13.1. The van der Waals surface area contributed by atoms with Crippen molar-refractivity contribution in [3.8, 4) is 0 Å². The number of nitrogens with zero attached hydrogens (tertiary/aromatic N) is 6. The third-order valence-electron chi connectivity index (χ3n) is 6.79. The van der Waals surface area contributed by atoms with Gasteiger partial charge in [-0.1, -0.05) is 0 Å². The highest BCUT2D eigenvalue weighted by Gasteiger charge is 2.30. The van der Waals surface area contributed by atoms with E-state index in [4.69, 9.17) is 4.74 Å². The van der Waals surface area contributed by atoms with E-state index in [1.165, 1.54) is 13.5 Å². The number of aryl methyl sites for hydroxylation is 1. The number of carbonyl (C=O) groups is 1. The average Bonchev–Trinajstić information content (AvgIpc) is 3.41. The Morgan fingerprint density at radius 3 is 2.74 bits per heavy atom. The van der Waals surface area contributed by atoms with Crippen LogP contribution in [0.2, 0.25) is 0 Å². The number of methoxy groups -OCH3 is 1. The molecule has 2 fully saturated rings. The first-order valence-corrected chi connectivity index (χ1v) is 11.8. The molecule has 34 heavy (non-hydrogen) atoms. The predicted octanol–water partition coefficient (Wildman–Crippen LogP) is 2.71. The number of fused-ring (bicyclic) bond motifs is 1. The molecule has 0 radical (unpaired) electrons. The number of imidazole rings is 1. The molecule has 3 aromatic rings. The highest BCUT2D eigenvalue weighted by molar-refractivity contribution is 5.79. The molecule has 1 saturated heterocycles. The maximum atomic E-state index is 13.1. The lowest BCUT2D eigenvalue weighted by Crippen LogP contribution is -2.33. The summed E-state index contributed by atoms with van der Waals surface area (Å²) in [5, 5.41) is 6.13. The van der Waals surface area contributed by atoms with Crippen LogP contribution in [0.1, 0.15) is 44.6 Å². The molecule has 0 unspecified atom stereocenters. The summed E-state index contributed by atoms with van der Waals surface area (Å²) >= 11 is 0. The molecule has 2 aliphatic rings. The van der Waals surface area contributed by atoms with Gasteiger partial charge in [-0.15, -0.1) is 0 Å². The fraction of sp³-hybridized carbons (Fsp3) is 0.522. The minimum atomic E-state index is -0.444. The van der Waals surface area contributed by atoms with Gasteiger partial charge in [-0.05, 0) is 44.6 Å². The monoisotopic (exact) mass is 466 g/mol. The largest absolute Gasteiger partial charge is 0.453 e. The van der Waals surface area contributed by atoms with Gasteiger partial charge in [0.1, 0.15) is 11.6 Å². The van der Waals surface area contributed by atoms with Crippen molar-refractivity contribution < 1.29 is 9.53 Å².